The van der Waals surface area contributed by atoms with E-state index in [1.165, 1.54) is 6.07 Å². The van der Waals surface area contributed by atoms with Gasteiger partial charge in [-0.05, 0) is 25.1 Å². The standard InChI is InChI=1S/C17H18FNO3/c1-2-21-14-7-5-8-15(10-14)22-12-17(20)19-11-13-6-3-4-9-16(13)18/h3-10H,2,11-12H2,1H3,(H,19,20). The Balaban J connectivity index is 1.80. The number of halogens is 1. The summed E-state index contributed by atoms with van der Waals surface area (Å²) >= 11 is 0. The molecule has 0 spiro atoms. The average Bonchev–Trinajstić information content (AvgIpc) is 2.53. The molecule has 4 nitrogen and oxygen atoms in total. The van der Waals surface area contributed by atoms with Crippen molar-refractivity contribution in [3.63, 3.8) is 0 Å². The number of carbonyl (C=O) groups excluding carboxylic acids is 1. The van der Waals surface area contributed by atoms with E-state index in [-0.39, 0.29) is 24.9 Å². The molecule has 0 bridgehead atoms. The Morgan fingerprint density at radius 3 is 2.55 bits per heavy atom. The molecule has 116 valence electrons. The molecule has 0 fully saturated rings. The van der Waals surface area contributed by atoms with Crippen molar-refractivity contribution in [2.75, 3.05) is 13.2 Å². The van der Waals surface area contributed by atoms with Crippen molar-refractivity contribution in [3.05, 3.63) is 59.9 Å². The Morgan fingerprint density at radius 1 is 1.09 bits per heavy atom. The van der Waals surface area contributed by atoms with E-state index in [2.05, 4.69) is 5.32 Å². The fraction of sp³-hybridized carbons (Fsp3) is 0.235. The second-order valence-corrected chi connectivity index (χ2v) is 4.56. The lowest BCUT2D eigenvalue weighted by Gasteiger charge is -2.09. The van der Waals surface area contributed by atoms with Gasteiger partial charge < -0.3 is 14.8 Å². The number of hydrogen-bond acceptors (Lipinski definition) is 3. The minimum atomic E-state index is -0.340. The van der Waals surface area contributed by atoms with Gasteiger partial charge in [0.1, 0.15) is 17.3 Å². The van der Waals surface area contributed by atoms with Crippen molar-refractivity contribution in [3.8, 4) is 11.5 Å². The largest absolute Gasteiger partial charge is 0.494 e. The lowest BCUT2D eigenvalue weighted by Crippen LogP contribution is -2.28. The van der Waals surface area contributed by atoms with E-state index >= 15 is 0 Å². The SMILES string of the molecule is CCOc1cccc(OCC(=O)NCc2ccccc2F)c1. The minimum Gasteiger partial charge on any atom is -0.494 e. The molecule has 0 radical (unpaired) electrons. The molecule has 0 atom stereocenters. The van der Waals surface area contributed by atoms with Crippen LogP contribution in [0.15, 0.2) is 48.5 Å². The molecular weight excluding hydrogens is 285 g/mol. The molecule has 0 unspecified atom stereocenters. The summed E-state index contributed by atoms with van der Waals surface area (Å²) in [5, 5.41) is 2.61. The van der Waals surface area contributed by atoms with Crippen LogP contribution < -0.4 is 14.8 Å². The molecule has 0 heterocycles. The van der Waals surface area contributed by atoms with Gasteiger partial charge in [0.2, 0.25) is 0 Å². The molecule has 0 aromatic heterocycles. The molecule has 0 aliphatic heterocycles. The van der Waals surface area contributed by atoms with Gasteiger partial charge in [0.05, 0.1) is 6.61 Å². The number of benzene rings is 2. The zero-order chi connectivity index (χ0) is 15.8. The summed E-state index contributed by atoms with van der Waals surface area (Å²) in [6.45, 7) is 2.45. The van der Waals surface area contributed by atoms with Crippen LogP contribution in [-0.4, -0.2) is 19.1 Å². The zero-order valence-corrected chi connectivity index (χ0v) is 12.3. The van der Waals surface area contributed by atoms with E-state index in [0.717, 1.165) is 0 Å². The summed E-state index contributed by atoms with van der Waals surface area (Å²) in [7, 11) is 0. The Morgan fingerprint density at radius 2 is 1.82 bits per heavy atom. The lowest BCUT2D eigenvalue weighted by molar-refractivity contribution is -0.123. The number of carbonyl (C=O) groups is 1. The van der Waals surface area contributed by atoms with Crippen LogP contribution >= 0.6 is 0 Å². The third kappa shape index (κ3) is 4.77. The third-order valence-electron chi connectivity index (χ3n) is 2.92. The Labute approximate surface area is 128 Å². The van der Waals surface area contributed by atoms with Crippen LogP contribution in [0.25, 0.3) is 0 Å². The third-order valence-corrected chi connectivity index (χ3v) is 2.92. The highest BCUT2D eigenvalue weighted by molar-refractivity contribution is 5.77. The first kappa shape index (κ1) is 15.8. The van der Waals surface area contributed by atoms with Crippen molar-refractivity contribution in [1.82, 2.24) is 5.32 Å². The predicted octanol–water partition coefficient (Wildman–Crippen LogP) is 2.92. The van der Waals surface area contributed by atoms with Crippen molar-refractivity contribution in [1.29, 1.82) is 0 Å². The van der Waals surface area contributed by atoms with Crippen LogP contribution in [0.2, 0.25) is 0 Å². The number of hydrogen-bond donors (Lipinski definition) is 1. The summed E-state index contributed by atoms with van der Waals surface area (Å²) in [4.78, 5) is 11.7. The molecule has 1 amide bonds. The van der Waals surface area contributed by atoms with Gasteiger partial charge in [0.25, 0.3) is 5.91 Å². The van der Waals surface area contributed by atoms with Crippen molar-refractivity contribution < 1.29 is 18.7 Å². The molecule has 0 aliphatic rings. The Hall–Kier alpha value is -2.56. The highest BCUT2D eigenvalue weighted by Crippen LogP contribution is 2.19. The first-order valence-electron chi connectivity index (χ1n) is 7.05. The number of rotatable bonds is 7. The maximum absolute atomic E-state index is 13.4. The highest BCUT2D eigenvalue weighted by atomic mass is 19.1. The topological polar surface area (TPSA) is 47.6 Å². The Bertz CT molecular complexity index is 631. The van der Waals surface area contributed by atoms with Gasteiger partial charge in [0.15, 0.2) is 6.61 Å². The minimum absolute atomic E-state index is 0.133. The molecule has 2 rings (SSSR count). The number of nitrogens with one attached hydrogen (secondary N) is 1. The van der Waals surface area contributed by atoms with Gasteiger partial charge in [-0.15, -0.1) is 0 Å². The Kier molecular flexibility index (Phi) is 5.77. The van der Waals surface area contributed by atoms with E-state index in [4.69, 9.17) is 9.47 Å². The summed E-state index contributed by atoms with van der Waals surface area (Å²) in [5.41, 5.74) is 0.439. The molecule has 0 saturated heterocycles. The van der Waals surface area contributed by atoms with Gasteiger partial charge in [-0.1, -0.05) is 24.3 Å². The van der Waals surface area contributed by atoms with Crippen LogP contribution in [0.3, 0.4) is 0 Å². The van der Waals surface area contributed by atoms with Crippen LogP contribution in [0.1, 0.15) is 12.5 Å². The van der Waals surface area contributed by atoms with Crippen molar-refractivity contribution in [2.24, 2.45) is 0 Å². The second-order valence-electron chi connectivity index (χ2n) is 4.56. The first-order chi connectivity index (χ1) is 10.7. The number of amides is 1. The number of ether oxygens (including phenoxy) is 2. The summed E-state index contributed by atoms with van der Waals surface area (Å²) in [6.07, 6.45) is 0. The van der Waals surface area contributed by atoms with E-state index < -0.39 is 0 Å². The smallest absolute Gasteiger partial charge is 0.258 e. The summed E-state index contributed by atoms with van der Waals surface area (Å²) in [5.74, 6) is 0.581. The maximum Gasteiger partial charge on any atom is 0.258 e. The lowest BCUT2D eigenvalue weighted by atomic mass is 10.2. The average molecular weight is 303 g/mol. The monoisotopic (exact) mass is 303 g/mol. The van der Waals surface area contributed by atoms with Crippen molar-refractivity contribution >= 4 is 5.91 Å². The quantitative estimate of drug-likeness (QED) is 0.855. The van der Waals surface area contributed by atoms with Gasteiger partial charge in [-0.3, -0.25) is 4.79 Å². The fourth-order valence-electron chi connectivity index (χ4n) is 1.86. The molecule has 0 aliphatic carbocycles. The van der Waals surface area contributed by atoms with Gasteiger partial charge in [-0.25, -0.2) is 4.39 Å². The molecule has 1 N–H and O–H groups in total. The van der Waals surface area contributed by atoms with Crippen molar-refractivity contribution in [2.45, 2.75) is 13.5 Å². The zero-order valence-electron chi connectivity index (χ0n) is 12.3. The molecule has 5 heteroatoms. The molecule has 0 saturated carbocycles. The van der Waals surface area contributed by atoms with Gasteiger partial charge in [-0.2, -0.15) is 0 Å². The fourth-order valence-corrected chi connectivity index (χ4v) is 1.86. The van der Waals surface area contributed by atoms with E-state index in [1.807, 2.05) is 13.0 Å². The van der Waals surface area contributed by atoms with Crippen LogP contribution in [-0.2, 0) is 11.3 Å². The summed E-state index contributed by atoms with van der Waals surface area (Å²) < 4.78 is 24.1. The van der Waals surface area contributed by atoms with E-state index in [1.54, 1.807) is 36.4 Å². The van der Waals surface area contributed by atoms with Gasteiger partial charge >= 0.3 is 0 Å². The van der Waals surface area contributed by atoms with Crippen LogP contribution in [0.4, 0.5) is 4.39 Å². The molecular formula is C17H18FNO3. The van der Waals surface area contributed by atoms with E-state index in [9.17, 15) is 9.18 Å². The molecule has 2 aromatic carbocycles. The van der Waals surface area contributed by atoms with Gasteiger partial charge in [0, 0.05) is 18.2 Å². The van der Waals surface area contributed by atoms with E-state index in [0.29, 0.717) is 23.7 Å². The summed E-state index contributed by atoms with van der Waals surface area (Å²) in [6, 6.07) is 13.4. The molecule has 22 heavy (non-hydrogen) atoms. The first-order valence-corrected chi connectivity index (χ1v) is 7.05. The van der Waals surface area contributed by atoms with Crippen LogP contribution in [0.5, 0.6) is 11.5 Å². The highest BCUT2D eigenvalue weighted by Gasteiger charge is 2.06. The predicted molar refractivity (Wildman–Crippen MR) is 81.4 cm³/mol. The second kappa shape index (κ2) is 8.02. The normalized spacial score (nSPS) is 10.1. The molecule has 2 aromatic rings. The maximum atomic E-state index is 13.4. The van der Waals surface area contributed by atoms with Crippen LogP contribution in [0, 0.1) is 5.82 Å².